The topological polar surface area (TPSA) is 71.1 Å². The van der Waals surface area contributed by atoms with E-state index < -0.39 is 15.7 Å². The number of hydrogen-bond acceptors (Lipinski definition) is 6. The van der Waals surface area contributed by atoms with Crippen molar-refractivity contribution in [3.63, 3.8) is 0 Å². The highest BCUT2D eigenvalue weighted by molar-refractivity contribution is 6.30. The zero-order valence-corrected chi connectivity index (χ0v) is 12.3. The van der Waals surface area contributed by atoms with Gasteiger partial charge < -0.3 is 18.6 Å². The fourth-order valence-electron chi connectivity index (χ4n) is 0.872. The molecular formula is C11H20O6Si. The second-order valence-corrected chi connectivity index (χ2v) is 4.94. The van der Waals surface area contributed by atoms with Gasteiger partial charge in [-0.05, 0) is 6.92 Å². The lowest BCUT2D eigenvalue weighted by Gasteiger charge is -2.06. The molecule has 18 heavy (non-hydrogen) atoms. The Kier molecular flexibility index (Phi) is 10.2. The van der Waals surface area contributed by atoms with Crippen molar-refractivity contribution in [3.8, 4) is 0 Å². The highest BCUT2D eigenvalue weighted by Crippen LogP contribution is 1.94. The fourth-order valence-corrected chi connectivity index (χ4v) is 1.59. The summed E-state index contributed by atoms with van der Waals surface area (Å²) in [5.74, 6) is -0.803. The van der Waals surface area contributed by atoms with Crippen LogP contribution in [0.4, 0.5) is 0 Å². The number of carbonyl (C=O) groups is 2. The molecule has 0 saturated heterocycles. The quantitative estimate of drug-likeness (QED) is 0.238. The van der Waals surface area contributed by atoms with Gasteiger partial charge in [-0.1, -0.05) is 6.58 Å². The average Bonchev–Trinajstić information content (AvgIpc) is 2.33. The minimum Gasteiger partial charge on any atom is -0.523 e. The molecule has 0 aliphatic heterocycles. The summed E-state index contributed by atoms with van der Waals surface area (Å²) < 4.78 is 19.6. The van der Waals surface area contributed by atoms with Crippen molar-refractivity contribution in [1.82, 2.24) is 0 Å². The smallest absolute Gasteiger partial charge is 0.333 e. The molecule has 0 amide bonds. The molecule has 0 aromatic heterocycles. The third-order valence-corrected chi connectivity index (χ3v) is 2.89. The zero-order chi connectivity index (χ0) is 13.8. The van der Waals surface area contributed by atoms with Crippen molar-refractivity contribution in [2.75, 3.05) is 33.5 Å². The lowest BCUT2D eigenvalue weighted by Crippen LogP contribution is -2.18. The van der Waals surface area contributed by atoms with E-state index >= 15 is 0 Å². The standard InChI is InChI=1S/C11H20O6Si/c1-9(2)11(13)16-6-7-18-17-10(12)8-15-5-4-14-3/h1,4-8,18H2,2-3H3. The highest BCUT2D eigenvalue weighted by atomic mass is 28.2. The molecule has 0 aromatic carbocycles. The summed E-state index contributed by atoms with van der Waals surface area (Å²) in [6.45, 7) is 6.04. The fraction of sp³-hybridized carbons (Fsp3) is 0.636. The maximum atomic E-state index is 11.1. The molecule has 0 atom stereocenters. The van der Waals surface area contributed by atoms with Gasteiger partial charge in [0, 0.05) is 18.7 Å². The Morgan fingerprint density at radius 3 is 2.56 bits per heavy atom. The molecule has 0 heterocycles. The van der Waals surface area contributed by atoms with Crippen LogP contribution in [0.15, 0.2) is 12.2 Å². The minimum absolute atomic E-state index is 0.0675. The first-order valence-corrected chi connectivity index (χ1v) is 7.20. The van der Waals surface area contributed by atoms with E-state index in [2.05, 4.69) is 6.58 Å². The van der Waals surface area contributed by atoms with E-state index in [4.69, 9.17) is 18.6 Å². The highest BCUT2D eigenvalue weighted by Gasteiger charge is 2.05. The van der Waals surface area contributed by atoms with Crippen molar-refractivity contribution in [3.05, 3.63) is 12.2 Å². The number of carbonyl (C=O) groups excluding carboxylic acids is 2. The number of rotatable bonds is 10. The van der Waals surface area contributed by atoms with Crippen molar-refractivity contribution >= 4 is 21.7 Å². The molecular weight excluding hydrogens is 256 g/mol. The van der Waals surface area contributed by atoms with Crippen molar-refractivity contribution in [2.24, 2.45) is 0 Å². The van der Waals surface area contributed by atoms with Crippen molar-refractivity contribution < 1.29 is 28.2 Å². The largest absolute Gasteiger partial charge is 0.523 e. The van der Waals surface area contributed by atoms with E-state index in [1.54, 1.807) is 14.0 Å². The molecule has 7 heteroatoms. The first-order valence-electron chi connectivity index (χ1n) is 5.63. The Morgan fingerprint density at radius 2 is 1.94 bits per heavy atom. The first kappa shape index (κ1) is 16.8. The number of hydrogen-bond donors (Lipinski definition) is 0. The number of ether oxygens (including phenoxy) is 3. The summed E-state index contributed by atoms with van der Waals surface area (Å²) in [6.07, 6.45) is 0. The average molecular weight is 276 g/mol. The van der Waals surface area contributed by atoms with Gasteiger partial charge in [0.1, 0.15) is 6.61 Å². The second kappa shape index (κ2) is 10.9. The summed E-state index contributed by atoms with van der Waals surface area (Å²) in [4.78, 5) is 22.1. The maximum Gasteiger partial charge on any atom is 0.333 e. The molecule has 0 aliphatic carbocycles. The molecule has 104 valence electrons. The van der Waals surface area contributed by atoms with Crippen LogP contribution in [0.25, 0.3) is 0 Å². The molecule has 0 aromatic rings. The van der Waals surface area contributed by atoms with Crippen LogP contribution in [0, 0.1) is 0 Å². The number of esters is 1. The Bertz CT molecular complexity index is 279. The Labute approximate surface area is 109 Å². The molecule has 0 aliphatic rings. The summed E-state index contributed by atoms with van der Waals surface area (Å²) in [5.41, 5.74) is 0.361. The van der Waals surface area contributed by atoms with Gasteiger partial charge in [0.15, 0.2) is 0 Å². The van der Waals surface area contributed by atoms with Crippen LogP contribution >= 0.6 is 0 Å². The summed E-state index contributed by atoms with van der Waals surface area (Å²) in [5, 5.41) is 0. The maximum absolute atomic E-state index is 11.1. The van der Waals surface area contributed by atoms with Crippen LogP contribution in [0.1, 0.15) is 6.92 Å². The number of methoxy groups -OCH3 is 1. The van der Waals surface area contributed by atoms with Gasteiger partial charge in [-0.2, -0.15) is 0 Å². The van der Waals surface area contributed by atoms with Crippen LogP contribution in [-0.4, -0.2) is 55.2 Å². The van der Waals surface area contributed by atoms with Gasteiger partial charge in [0.25, 0.3) is 0 Å². The SMILES string of the molecule is C=C(C)C(=O)OCC[SiH2]OC(=O)COCCOC. The summed E-state index contributed by atoms with van der Waals surface area (Å²) in [6, 6.07) is 0.586. The molecule has 0 saturated carbocycles. The van der Waals surface area contributed by atoms with E-state index in [9.17, 15) is 9.59 Å². The van der Waals surface area contributed by atoms with Crippen LogP contribution in [0.5, 0.6) is 0 Å². The third kappa shape index (κ3) is 10.0. The van der Waals surface area contributed by atoms with E-state index in [0.29, 0.717) is 24.8 Å². The minimum atomic E-state index is -1.01. The van der Waals surface area contributed by atoms with Gasteiger partial charge in [-0.25, -0.2) is 4.79 Å². The Balaban J connectivity index is 3.35. The predicted molar refractivity (Wildman–Crippen MR) is 67.9 cm³/mol. The molecule has 0 bridgehead atoms. The lowest BCUT2D eigenvalue weighted by molar-refractivity contribution is -0.139. The molecule has 0 spiro atoms. The van der Waals surface area contributed by atoms with Crippen LogP contribution in [0.3, 0.4) is 0 Å². The van der Waals surface area contributed by atoms with Gasteiger partial charge in [0.05, 0.1) is 19.8 Å². The lowest BCUT2D eigenvalue weighted by atomic mass is 10.4. The molecule has 0 N–H and O–H groups in total. The van der Waals surface area contributed by atoms with Crippen molar-refractivity contribution in [2.45, 2.75) is 13.0 Å². The van der Waals surface area contributed by atoms with Gasteiger partial charge in [0.2, 0.25) is 9.76 Å². The third-order valence-electron chi connectivity index (χ3n) is 1.79. The van der Waals surface area contributed by atoms with Gasteiger partial charge >= 0.3 is 11.9 Å². The molecule has 0 rings (SSSR count). The summed E-state index contributed by atoms with van der Waals surface area (Å²) >= 11 is 0. The molecule has 0 radical (unpaired) electrons. The van der Waals surface area contributed by atoms with Crippen LogP contribution in [0.2, 0.25) is 6.04 Å². The molecule has 6 nitrogen and oxygen atoms in total. The van der Waals surface area contributed by atoms with E-state index in [1.165, 1.54) is 0 Å². The molecule has 0 fully saturated rings. The summed E-state index contributed by atoms with van der Waals surface area (Å²) in [7, 11) is 0.546. The predicted octanol–water partition coefficient (Wildman–Crippen LogP) is -0.186. The Morgan fingerprint density at radius 1 is 1.22 bits per heavy atom. The molecule has 0 unspecified atom stereocenters. The van der Waals surface area contributed by atoms with Gasteiger partial charge in [-0.3, -0.25) is 4.79 Å². The zero-order valence-electron chi connectivity index (χ0n) is 10.9. The first-order chi connectivity index (χ1) is 8.57. The van der Waals surface area contributed by atoms with E-state index in [0.717, 1.165) is 0 Å². The monoisotopic (exact) mass is 276 g/mol. The Hall–Kier alpha value is -1.18. The van der Waals surface area contributed by atoms with Crippen LogP contribution in [-0.2, 0) is 28.2 Å². The van der Waals surface area contributed by atoms with E-state index in [1.807, 2.05) is 0 Å². The van der Waals surface area contributed by atoms with Crippen LogP contribution < -0.4 is 0 Å². The van der Waals surface area contributed by atoms with Gasteiger partial charge in [-0.15, -0.1) is 0 Å². The normalized spacial score (nSPS) is 10.6. The van der Waals surface area contributed by atoms with Crippen molar-refractivity contribution in [1.29, 1.82) is 0 Å². The van der Waals surface area contributed by atoms with E-state index in [-0.39, 0.29) is 19.2 Å². The second-order valence-electron chi connectivity index (χ2n) is 3.54.